The summed E-state index contributed by atoms with van der Waals surface area (Å²) in [5, 5.41) is 2.78. The summed E-state index contributed by atoms with van der Waals surface area (Å²) in [7, 11) is -2.22. The first-order chi connectivity index (χ1) is 15.1. The maximum absolute atomic E-state index is 12.9. The van der Waals surface area contributed by atoms with Gasteiger partial charge in [-0.15, -0.1) is 0 Å². The first-order valence-electron chi connectivity index (χ1n) is 10.7. The first kappa shape index (κ1) is 22.3. The van der Waals surface area contributed by atoms with Gasteiger partial charge in [0.15, 0.2) is 0 Å². The van der Waals surface area contributed by atoms with Crippen LogP contribution in [0.25, 0.3) is 0 Å². The zero-order chi connectivity index (χ0) is 23.1. The van der Waals surface area contributed by atoms with Crippen molar-refractivity contribution in [3.8, 4) is 5.75 Å². The summed E-state index contributed by atoms with van der Waals surface area (Å²) < 4.78 is 33.7. The molecule has 4 rings (SSSR count). The average molecular weight is 457 g/mol. The van der Waals surface area contributed by atoms with E-state index in [0.29, 0.717) is 35.5 Å². The van der Waals surface area contributed by atoms with Crippen LogP contribution in [0.5, 0.6) is 5.75 Å². The highest BCUT2D eigenvalue weighted by Crippen LogP contribution is 2.64. The normalized spacial score (nSPS) is 23.7. The van der Waals surface area contributed by atoms with E-state index < -0.39 is 15.4 Å². The standard InChI is InChI=1S/C24H28N2O5S/c1-23(2)17-12-13-24(23,21(27)14-17)15-32(29,30)26-18-10-8-16(9-11-18)22(28)25-19-6-4-5-7-20(19)31-3/h4-11,17,26H,12-15H2,1-3H3,(H,25,28). The molecule has 2 aromatic rings. The minimum absolute atomic E-state index is 0.0625. The van der Waals surface area contributed by atoms with Gasteiger partial charge in [0.1, 0.15) is 11.5 Å². The van der Waals surface area contributed by atoms with E-state index in [1.165, 1.54) is 7.11 Å². The smallest absolute Gasteiger partial charge is 0.255 e. The van der Waals surface area contributed by atoms with Crippen LogP contribution >= 0.6 is 0 Å². The quantitative estimate of drug-likeness (QED) is 0.654. The number of fused-ring (bicyclic) bond motifs is 2. The fourth-order valence-electron chi connectivity index (χ4n) is 5.28. The molecule has 2 saturated carbocycles. The summed E-state index contributed by atoms with van der Waals surface area (Å²) in [6.45, 7) is 4.03. The lowest BCUT2D eigenvalue weighted by atomic mass is 9.70. The molecule has 2 atom stereocenters. The molecule has 1 amide bonds. The molecule has 2 unspecified atom stereocenters. The van der Waals surface area contributed by atoms with Gasteiger partial charge in [-0.1, -0.05) is 26.0 Å². The topological polar surface area (TPSA) is 102 Å². The number of benzene rings is 2. The Labute approximate surface area is 188 Å². The van der Waals surface area contributed by atoms with E-state index in [2.05, 4.69) is 10.0 Å². The van der Waals surface area contributed by atoms with E-state index in [1.54, 1.807) is 48.5 Å². The van der Waals surface area contributed by atoms with E-state index in [4.69, 9.17) is 4.74 Å². The van der Waals surface area contributed by atoms with Crippen molar-refractivity contribution in [1.82, 2.24) is 0 Å². The predicted molar refractivity (Wildman–Crippen MR) is 123 cm³/mol. The summed E-state index contributed by atoms with van der Waals surface area (Å²) in [5.74, 6) is 0.318. The van der Waals surface area contributed by atoms with Gasteiger partial charge in [0.05, 0.1) is 24.0 Å². The lowest BCUT2D eigenvalue weighted by Crippen LogP contribution is -2.43. The Morgan fingerprint density at radius 3 is 2.41 bits per heavy atom. The molecule has 7 nitrogen and oxygen atoms in total. The van der Waals surface area contributed by atoms with Crippen molar-refractivity contribution < 1.29 is 22.7 Å². The molecule has 2 aromatic carbocycles. The molecule has 8 heteroatoms. The lowest BCUT2D eigenvalue weighted by molar-refractivity contribution is -0.128. The van der Waals surface area contributed by atoms with Gasteiger partial charge in [0.25, 0.3) is 5.91 Å². The Morgan fingerprint density at radius 1 is 1.12 bits per heavy atom. The number of anilines is 2. The molecule has 0 aromatic heterocycles. The van der Waals surface area contributed by atoms with Gasteiger partial charge >= 0.3 is 0 Å². The van der Waals surface area contributed by atoms with Gasteiger partial charge in [-0.05, 0) is 60.6 Å². The number of hydrogen-bond donors (Lipinski definition) is 2. The van der Waals surface area contributed by atoms with Crippen LogP contribution in [-0.4, -0.2) is 33.0 Å². The third-order valence-electron chi connectivity index (χ3n) is 7.35. The van der Waals surface area contributed by atoms with Crippen LogP contribution < -0.4 is 14.8 Å². The number of methoxy groups -OCH3 is 1. The van der Waals surface area contributed by atoms with Crippen molar-refractivity contribution in [3.63, 3.8) is 0 Å². The number of nitrogens with one attached hydrogen (secondary N) is 2. The van der Waals surface area contributed by atoms with Crippen LogP contribution in [-0.2, 0) is 14.8 Å². The van der Waals surface area contributed by atoms with Crippen molar-refractivity contribution in [2.24, 2.45) is 16.7 Å². The van der Waals surface area contributed by atoms with E-state index in [0.717, 1.165) is 6.42 Å². The highest BCUT2D eigenvalue weighted by molar-refractivity contribution is 7.92. The minimum Gasteiger partial charge on any atom is -0.495 e. The monoisotopic (exact) mass is 456 g/mol. The summed E-state index contributed by atoms with van der Waals surface area (Å²) in [4.78, 5) is 25.2. The Hall–Kier alpha value is -2.87. The Balaban J connectivity index is 1.45. The fraction of sp³-hybridized carbons (Fsp3) is 0.417. The van der Waals surface area contributed by atoms with Crippen LogP contribution in [0, 0.1) is 16.7 Å². The molecule has 2 aliphatic carbocycles. The van der Waals surface area contributed by atoms with Crippen molar-refractivity contribution in [2.75, 3.05) is 22.9 Å². The molecule has 0 heterocycles. The number of ether oxygens (including phenoxy) is 1. The van der Waals surface area contributed by atoms with Crippen molar-refractivity contribution >= 4 is 33.1 Å². The van der Waals surface area contributed by atoms with E-state index >= 15 is 0 Å². The van der Waals surface area contributed by atoms with Crippen molar-refractivity contribution in [2.45, 2.75) is 33.1 Å². The maximum atomic E-state index is 12.9. The van der Waals surface area contributed by atoms with Crippen LogP contribution in [0.3, 0.4) is 0 Å². The summed E-state index contributed by atoms with van der Waals surface area (Å²) >= 11 is 0. The Kier molecular flexibility index (Phi) is 5.53. The highest BCUT2D eigenvalue weighted by Gasteiger charge is 2.65. The number of Topliss-reactive ketones (excluding diaryl/α,β-unsaturated/α-hetero) is 1. The second-order valence-corrected chi connectivity index (χ2v) is 11.0. The second-order valence-electron chi connectivity index (χ2n) is 9.26. The fourth-order valence-corrected chi connectivity index (χ4v) is 7.17. The molecule has 2 N–H and O–H groups in total. The first-order valence-corrected chi connectivity index (χ1v) is 12.3. The highest BCUT2D eigenvalue weighted by atomic mass is 32.2. The van der Waals surface area contributed by atoms with Crippen LogP contribution in [0.15, 0.2) is 48.5 Å². The largest absolute Gasteiger partial charge is 0.495 e. The summed E-state index contributed by atoms with van der Waals surface area (Å²) in [5.41, 5.74) is 0.135. The summed E-state index contributed by atoms with van der Waals surface area (Å²) in [6, 6.07) is 13.3. The molecule has 0 spiro atoms. The van der Waals surface area contributed by atoms with E-state index in [-0.39, 0.29) is 28.8 Å². The second kappa shape index (κ2) is 7.92. The number of carbonyl (C=O) groups excluding carboxylic acids is 2. The number of ketones is 1. The third-order valence-corrected chi connectivity index (χ3v) is 8.77. The zero-order valence-electron chi connectivity index (χ0n) is 18.5. The van der Waals surface area contributed by atoms with E-state index in [1.807, 2.05) is 13.8 Å². The predicted octanol–water partition coefficient (Wildman–Crippen LogP) is 4.08. The van der Waals surface area contributed by atoms with Crippen LogP contribution in [0.4, 0.5) is 11.4 Å². The molecule has 170 valence electrons. The number of para-hydroxylation sites is 2. The molecule has 0 aliphatic heterocycles. The number of rotatable bonds is 7. The molecule has 0 saturated heterocycles. The lowest BCUT2D eigenvalue weighted by Gasteiger charge is -2.36. The van der Waals surface area contributed by atoms with Crippen LogP contribution in [0.1, 0.15) is 43.5 Å². The van der Waals surface area contributed by atoms with E-state index in [9.17, 15) is 18.0 Å². The molecule has 0 radical (unpaired) electrons. The molecular formula is C24H28N2O5S. The zero-order valence-corrected chi connectivity index (χ0v) is 19.3. The number of hydrogen-bond acceptors (Lipinski definition) is 5. The Bertz CT molecular complexity index is 1160. The van der Waals surface area contributed by atoms with Gasteiger partial charge < -0.3 is 10.1 Å². The maximum Gasteiger partial charge on any atom is 0.255 e. The number of amides is 1. The minimum atomic E-state index is -3.74. The van der Waals surface area contributed by atoms with Crippen molar-refractivity contribution in [1.29, 1.82) is 0 Å². The molecule has 2 bridgehead atoms. The van der Waals surface area contributed by atoms with Gasteiger partial charge in [-0.25, -0.2) is 8.42 Å². The van der Waals surface area contributed by atoms with Gasteiger partial charge in [-0.3, -0.25) is 14.3 Å². The number of carbonyl (C=O) groups is 2. The van der Waals surface area contributed by atoms with Gasteiger partial charge in [-0.2, -0.15) is 0 Å². The molecule has 2 aliphatic rings. The third kappa shape index (κ3) is 3.77. The SMILES string of the molecule is COc1ccccc1NC(=O)c1ccc(NS(=O)(=O)CC23CCC(CC2=O)C3(C)C)cc1. The molecular weight excluding hydrogens is 428 g/mol. The summed E-state index contributed by atoms with van der Waals surface area (Å²) in [6.07, 6.45) is 1.98. The molecule has 2 fully saturated rings. The number of sulfonamides is 1. The Morgan fingerprint density at radius 2 is 1.81 bits per heavy atom. The van der Waals surface area contributed by atoms with Crippen molar-refractivity contribution in [3.05, 3.63) is 54.1 Å². The van der Waals surface area contributed by atoms with Gasteiger partial charge in [0, 0.05) is 17.7 Å². The molecule has 32 heavy (non-hydrogen) atoms. The van der Waals surface area contributed by atoms with Gasteiger partial charge in [0.2, 0.25) is 10.0 Å². The van der Waals surface area contributed by atoms with Crippen LogP contribution in [0.2, 0.25) is 0 Å². The average Bonchev–Trinajstić information content (AvgIpc) is 3.08.